The van der Waals surface area contributed by atoms with Crippen molar-refractivity contribution in [3.63, 3.8) is 0 Å². The number of fused-ring (bicyclic) bond motifs is 1. The van der Waals surface area contributed by atoms with Crippen LogP contribution in [0.1, 0.15) is 32.0 Å². The average Bonchev–Trinajstić information content (AvgIpc) is 2.88. The molecular weight excluding hydrogens is 427 g/mol. The first-order valence-electron chi connectivity index (χ1n) is 8.60. The number of aryl methyl sites for hydroxylation is 1. The Kier molecular flexibility index (Phi) is 8.71. The van der Waals surface area contributed by atoms with E-state index in [1.165, 1.54) is 22.2 Å². The number of H-pyrrole nitrogens is 1. The van der Waals surface area contributed by atoms with Gasteiger partial charge in [-0.15, -0.1) is 24.0 Å². The van der Waals surface area contributed by atoms with E-state index < -0.39 is 0 Å². The van der Waals surface area contributed by atoms with E-state index in [0.29, 0.717) is 6.54 Å². The molecule has 1 aromatic carbocycles. The molecule has 6 heteroatoms. The fourth-order valence-corrected chi connectivity index (χ4v) is 2.64. The molecule has 0 fully saturated rings. The number of guanidine groups is 1. The van der Waals surface area contributed by atoms with Gasteiger partial charge >= 0.3 is 0 Å². The van der Waals surface area contributed by atoms with E-state index in [9.17, 15) is 0 Å². The number of methoxy groups -OCH3 is 1. The van der Waals surface area contributed by atoms with Gasteiger partial charge in [-0.25, -0.2) is 0 Å². The molecule has 5 nitrogen and oxygen atoms in total. The van der Waals surface area contributed by atoms with E-state index in [0.717, 1.165) is 25.5 Å². The number of para-hydroxylation sites is 1. The predicted molar refractivity (Wildman–Crippen MR) is 117 cm³/mol. The number of hydrogen-bond donors (Lipinski definition) is 3. The highest BCUT2D eigenvalue weighted by Gasteiger charge is 2.15. The zero-order valence-corrected chi connectivity index (χ0v) is 18.2. The Labute approximate surface area is 168 Å². The van der Waals surface area contributed by atoms with Gasteiger partial charge in [0, 0.05) is 36.8 Å². The Hall–Kier alpha value is -1.28. The standard InChI is InChI=1S/C19H30N4O.HI/c1-6-20-18(22-13-19(3,4)24-5)21-12-11-15-14(2)23-17-10-8-7-9-16(15)17;/h7-10,23H,6,11-13H2,1-5H3,(H2,20,21,22);1H. The van der Waals surface area contributed by atoms with Crippen LogP contribution in [0.4, 0.5) is 0 Å². The third kappa shape index (κ3) is 6.18. The van der Waals surface area contributed by atoms with E-state index in [1.807, 2.05) is 13.8 Å². The number of rotatable bonds is 7. The Morgan fingerprint density at radius 3 is 2.64 bits per heavy atom. The van der Waals surface area contributed by atoms with Gasteiger partial charge < -0.3 is 20.4 Å². The number of nitrogens with one attached hydrogen (secondary N) is 3. The van der Waals surface area contributed by atoms with Crippen LogP contribution in [-0.4, -0.2) is 43.3 Å². The molecule has 0 saturated carbocycles. The van der Waals surface area contributed by atoms with Gasteiger partial charge in [0.2, 0.25) is 0 Å². The molecule has 2 rings (SSSR count). The molecule has 0 saturated heterocycles. The minimum Gasteiger partial charge on any atom is -0.377 e. The topological polar surface area (TPSA) is 61.4 Å². The lowest BCUT2D eigenvalue weighted by atomic mass is 10.1. The molecule has 0 radical (unpaired) electrons. The van der Waals surface area contributed by atoms with Crippen LogP contribution >= 0.6 is 24.0 Å². The van der Waals surface area contributed by atoms with E-state index in [1.54, 1.807) is 7.11 Å². The number of hydrogen-bond acceptors (Lipinski definition) is 2. The molecule has 1 aromatic heterocycles. The summed E-state index contributed by atoms with van der Waals surface area (Å²) >= 11 is 0. The first-order valence-corrected chi connectivity index (χ1v) is 8.60. The van der Waals surface area contributed by atoms with Gasteiger partial charge in [0.15, 0.2) is 5.96 Å². The van der Waals surface area contributed by atoms with Crippen molar-refractivity contribution < 1.29 is 4.74 Å². The van der Waals surface area contributed by atoms with Gasteiger partial charge in [0.05, 0.1) is 12.1 Å². The molecule has 1 heterocycles. The summed E-state index contributed by atoms with van der Waals surface area (Å²) in [6.07, 6.45) is 0.952. The number of ether oxygens (including phenoxy) is 1. The molecule has 0 amide bonds. The molecule has 0 aliphatic heterocycles. The maximum atomic E-state index is 5.43. The van der Waals surface area contributed by atoms with Crippen LogP contribution in [0.2, 0.25) is 0 Å². The van der Waals surface area contributed by atoms with Crippen molar-refractivity contribution in [3.8, 4) is 0 Å². The van der Waals surface area contributed by atoms with Gasteiger partial charge in [-0.05, 0) is 45.7 Å². The van der Waals surface area contributed by atoms with Crippen molar-refractivity contribution in [2.75, 3.05) is 26.7 Å². The summed E-state index contributed by atoms with van der Waals surface area (Å²) in [5.74, 6) is 0.833. The van der Waals surface area contributed by atoms with Crippen LogP contribution in [0.25, 0.3) is 10.9 Å². The summed E-state index contributed by atoms with van der Waals surface area (Å²) in [6.45, 7) is 10.6. The quantitative estimate of drug-likeness (QED) is 0.338. The summed E-state index contributed by atoms with van der Waals surface area (Å²) in [4.78, 5) is 8.07. The Morgan fingerprint density at radius 2 is 1.96 bits per heavy atom. The number of nitrogens with zero attached hydrogens (tertiary/aromatic N) is 1. The Bertz CT molecular complexity index is 694. The predicted octanol–water partition coefficient (Wildman–Crippen LogP) is 3.62. The second kappa shape index (κ2) is 10.0. The molecular formula is C19H31IN4O. The second-order valence-electron chi connectivity index (χ2n) is 6.61. The molecule has 0 aliphatic rings. The van der Waals surface area contributed by atoms with Gasteiger partial charge in [0.1, 0.15) is 0 Å². The van der Waals surface area contributed by atoms with Gasteiger partial charge in [-0.2, -0.15) is 0 Å². The molecule has 140 valence electrons. The normalized spacial score (nSPS) is 12.1. The highest BCUT2D eigenvalue weighted by molar-refractivity contribution is 14.0. The number of benzene rings is 1. The summed E-state index contributed by atoms with van der Waals surface area (Å²) < 4.78 is 5.43. The van der Waals surface area contributed by atoms with Crippen LogP contribution in [0.3, 0.4) is 0 Å². The maximum Gasteiger partial charge on any atom is 0.191 e. The molecule has 2 aromatic rings. The third-order valence-corrected chi connectivity index (χ3v) is 4.21. The number of aliphatic imine (C=N–C) groups is 1. The molecule has 0 unspecified atom stereocenters. The maximum absolute atomic E-state index is 5.43. The van der Waals surface area contributed by atoms with Crippen LogP contribution in [-0.2, 0) is 11.2 Å². The Balaban J connectivity index is 0.00000312. The summed E-state index contributed by atoms with van der Waals surface area (Å²) in [5, 5.41) is 8.01. The largest absolute Gasteiger partial charge is 0.377 e. The van der Waals surface area contributed by atoms with Crippen molar-refractivity contribution in [1.29, 1.82) is 0 Å². The van der Waals surface area contributed by atoms with Crippen LogP contribution in [0, 0.1) is 6.92 Å². The monoisotopic (exact) mass is 458 g/mol. The van der Waals surface area contributed by atoms with E-state index in [2.05, 4.69) is 58.7 Å². The van der Waals surface area contributed by atoms with Crippen molar-refractivity contribution in [1.82, 2.24) is 15.6 Å². The highest BCUT2D eigenvalue weighted by Crippen LogP contribution is 2.21. The van der Waals surface area contributed by atoms with Crippen LogP contribution in [0.15, 0.2) is 29.3 Å². The molecule has 0 bridgehead atoms. The second-order valence-corrected chi connectivity index (χ2v) is 6.61. The summed E-state index contributed by atoms with van der Waals surface area (Å²) in [6, 6.07) is 8.45. The minimum absolute atomic E-state index is 0. The highest BCUT2D eigenvalue weighted by atomic mass is 127. The van der Waals surface area contributed by atoms with Gasteiger partial charge in [0.25, 0.3) is 0 Å². The number of halogens is 1. The lowest BCUT2D eigenvalue weighted by Gasteiger charge is -2.21. The van der Waals surface area contributed by atoms with E-state index in [-0.39, 0.29) is 29.6 Å². The molecule has 0 aliphatic carbocycles. The van der Waals surface area contributed by atoms with Crippen molar-refractivity contribution in [2.24, 2.45) is 4.99 Å². The molecule has 0 atom stereocenters. The summed E-state index contributed by atoms with van der Waals surface area (Å²) in [5.41, 5.74) is 3.55. The molecule has 25 heavy (non-hydrogen) atoms. The van der Waals surface area contributed by atoms with E-state index >= 15 is 0 Å². The lowest BCUT2D eigenvalue weighted by Crippen LogP contribution is -2.40. The number of aromatic amines is 1. The van der Waals surface area contributed by atoms with Crippen molar-refractivity contribution >= 4 is 40.8 Å². The fraction of sp³-hybridized carbons (Fsp3) is 0.526. The summed E-state index contributed by atoms with van der Waals surface area (Å²) in [7, 11) is 1.72. The van der Waals surface area contributed by atoms with Crippen LogP contribution < -0.4 is 10.6 Å². The van der Waals surface area contributed by atoms with Crippen molar-refractivity contribution in [3.05, 3.63) is 35.5 Å². The van der Waals surface area contributed by atoms with Crippen LogP contribution in [0.5, 0.6) is 0 Å². The lowest BCUT2D eigenvalue weighted by molar-refractivity contribution is 0.0310. The number of aromatic nitrogens is 1. The van der Waals surface area contributed by atoms with Gasteiger partial charge in [-0.3, -0.25) is 4.99 Å². The SMILES string of the molecule is CCNC(=NCC(C)(C)OC)NCCc1c(C)[nH]c2ccccc12.I. The third-order valence-electron chi connectivity index (χ3n) is 4.21. The Morgan fingerprint density at radius 1 is 1.24 bits per heavy atom. The average molecular weight is 458 g/mol. The zero-order chi connectivity index (χ0) is 17.6. The fourth-order valence-electron chi connectivity index (χ4n) is 2.64. The van der Waals surface area contributed by atoms with Crippen molar-refractivity contribution in [2.45, 2.75) is 39.7 Å². The molecule has 3 N–H and O–H groups in total. The van der Waals surface area contributed by atoms with Gasteiger partial charge in [-0.1, -0.05) is 18.2 Å². The molecule has 0 spiro atoms. The minimum atomic E-state index is -0.254. The first kappa shape index (κ1) is 21.8. The smallest absolute Gasteiger partial charge is 0.191 e. The zero-order valence-electron chi connectivity index (χ0n) is 15.9. The first-order chi connectivity index (χ1) is 11.5. The van der Waals surface area contributed by atoms with E-state index in [4.69, 9.17) is 4.74 Å².